The number of fused-ring (bicyclic) bond motifs is 1. The van der Waals surface area contributed by atoms with E-state index in [1.165, 1.54) is 9.80 Å². The van der Waals surface area contributed by atoms with Gasteiger partial charge in [0.05, 0.1) is 6.54 Å². The number of H-pyrrole nitrogens is 1. The molecule has 0 aliphatic rings. The highest BCUT2D eigenvalue weighted by atomic mass is 35.5. The van der Waals surface area contributed by atoms with Crippen molar-refractivity contribution < 1.29 is 13.6 Å². The average molecular weight is 330 g/mol. The molecule has 0 spiro atoms. The van der Waals surface area contributed by atoms with Gasteiger partial charge in [0.15, 0.2) is 0 Å². The maximum atomic E-state index is 12.3. The highest BCUT2D eigenvalue weighted by Crippen LogP contribution is 2.20. The molecule has 2 rings (SSSR count). The quantitative estimate of drug-likeness (QED) is 0.884. The third kappa shape index (κ3) is 4.18. The molecule has 0 aliphatic heterocycles. The van der Waals surface area contributed by atoms with Crippen molar-refractivity contribution in [3.05, 3.63) is 35.0 Å². The normalized spacial score (nSPS) is 11.6. The molecular weight excluding hydrogens is 312 g/mol. The minimum atomic E-state index is -2.37. The van der Waals surface area contributed by atoms with Crippen molar-refractivity contribution in [2.24, 2.45) is 0 Å². The summed E-state index contributed by atoms with van der Waals surface area (Å²) in [5, 5.41) is 1.49. The Kier molecular flexibility index (Phi) is 5.37. The molecule has 120 valence electrons. The number of nitrogens with one attached hydrogen (secondary N) is 1. The van der Waals surface area contributed by atoms with Crippen molar-refractivity contribution in [1.82, 2.24) is 14.8 Å². The van der Waals surface area contributed by atoms with Crippen molar-refractivity contribution in [3.8, 4) is 0 Å². The van der Waals surface area contributed by atoms with Crippen LogP contribution in [0.15, 0.2) is 24.3 Å². The summed E-state index contributed by atoms with van der Waals surface area (Å²) in [6, 6.07) is 7.10. The molecule has 1 amide bonds. The highest BCUT2D eigenvalue weighted by molar-refractivity contribution is 6.31. The summed E-state index contributed by atoms with van der Waals surface area (Å²) in [6.45, 7) is 0.462. The Morgan fingerprint density at radius 3 is 2.68 bits per heavy atom. The van der Waals surface area contributed by atoms with Crippen LogP contribution in [0.1, 0.15) is 10.5 Å². The van der Waals surface area contributed by atoms with E-state index in [0.717, 1.165) is 10.9 Å². The van der Waals surface area contributed by atoms with Gasteiger partial charge in [-0.25, -0.2) is 8.78 Å². The molecule has 0 radical (unpaired) electrons. The van der Waals surface area contributed by atoms with E-state index in [0.29, 0.717) is 23.8 Å². The van der Waals surface area contributed by atoms with Gasteiger partial charge in [-0.3, -0.25) is 9.69 Å². The largest absolute Gasteiger partial charge is 0.350 e. The Morgan fingerprint density at radius 1 is 1.27 bits per heavy atom. The van der Waals surface area contributed by atoms with Crippen LogP contribution < -0.4 is 0 Å². The number of hydrogen-bond acceptors (Lipinski definition) is 2. The van der Waals surface area contributed by atoms with Crippen LogP contribution in [-0.4, -0.2) is 60.8 Å². The fourth-order valence-electron chi connectivity index (χ4n) is 2.17. The molecule has 4 nitrogen and oxygen atoms in total. The van der Waals surface area contributed by atoms with E-state index in [4.69, 9.17) is 11.6 Å². The molecule has 1 N–H and O–H groups in total. The monoisotopic (exact) mass is 329 g/mol. The summed E-state index contributed by atoms with van der Waals surface area (Å²) >= 11 is 5.91. The number of likely N-dealkylation sites (N-methyl/N-ethyl adjacent to an activating group) is 2. The summed E-state index contributed by atoms with van der Waals surface area (Å²) in [7, 11) is 3.26. The third-order valence-corrected chi connectivity index (χ3v) is 3.66. The van der Waals surface area contributed by atoms with E-state index < -0.39 is 6.43 Å². The van der Waals surface area contributed by atoms with Gasteiger partial charge in [-0.1, -0.05) is 17.7 Å². The second-order valence-corrected chi connectivity index (χ2v) is 5.73. The lowest BCUT2D eigenvalue weighted by atomic mass is 10.2. The lowest BCUT2D eigenvalue weighted by Crippen LogP contribution is -2.36. The Labute approximate surface area is 132 Å². The van der Waals surface area contributed by atoms with Crippen LogP contribution in [0.4, 0.5) is 8.78 Å². The van der Waals surface area contributed by atoms with E-state index in [-0.39, 0.29) is 12.5 Å². The van der Waals surface area contributed by atoms with Gasteiger partial charge in [0.1, 0.15) is 5.69 Å². The topological polar surface area (TPSA) is 39.3 Å². The minimum absolute atomic E-state index is 0.183. The third-order valence-electron chi connectivity index (χ3n) is 3.43. The number of halogens is 3. The van der Waals surface area contributed by atoms with E-state index >= 15 is 0 Å². The number of amides is 1. The first-order valence-electron chi connectivity index (χ1n) is 6.87. The number of aromatic nitrogens is 1. The van der Waals surface area contributed by atoms with Gasteiger partial charge >= 0.3 is 0 Å². The van der Waals surface area contributed by atoms with Gasteiger partial charge in [0, 0.05) is 36.1 Å². The van der Waals surface area contributed by atoms with Crippen molar-refractivity contribution in [2.75, 3.05) is 33.7 Å². The molecular formula is C15H18ClF2N3O. The minimum Gasteiger partial charge on any atom is -0.350 e. The maximum Gasteiger partial charge on any atom is 0.270 e. The summed E-state index contributed by atoms with van der Waals surface area (Å²) in [6.07, 6.45) is -2.37. The van der Waals surface area contributed by atoms with Crippen LogP contribution in [-0.2, 0) is 0 Å². The lowest BCUT2D eigenvalue weighted by molar-refractivity contribution is 0.0740. The predicted octanol–water partition coefficient (Wildman–Crippen LogP) is 3.09. The molecule has 0 fully saturated rings. The second kappa shape index (κ2) is 7.07. The summed E-state index contributed by atoms with van der Waals surface area (Å²) < 4.78 is 24.5. The van der Waals surface area contributed by atoms with Gasteiger partial charge in [0.2, 0.25) is 0 Å². The smallest absolute Gasteiger partial charge is 0.270 e. The summed E-state index contributed by atoms with van der Waals surface area (Å²) in [4.78, 5) is 18.4. The molecule has 1 aromatic heterocycles. The first kappa shape index (κ1) is 16.7. The predicted molar refractivity (Wildman–Crippen MR) is 83.8 cm³/mol. The summed E-state index contributed by atoms with van der Waals surface area (Å²) in [5.41, 5.74) is 1.25. The van der Waals surface area contributed by atoms with Crippen LogP contribution in [0.25, 0.3) is 10.9 Å². The standard InChI is InChI=1S/C15H18ClF2N3O/c1-20(9-14(17)18)5-6-21(2)15(22)13-7-10-3-4-11(16)8-12(10)19-13/h3-4,7-8,14,19H,5-6,9H2,1-2H3. The molecule has 1 heterocycles. The molecule has 0 atom stereocenters. The van der Waals surface area contributed by atoms with E-state index in [1.807, 2.05) is 6.07 Å². The lowest BCUT2D eigenvalue weighted by Gasteiger charge is -2.21. The van der Waals surface area contributed by atoms with Gasteiger partial charge in [-0.2, -0.15) is 0 Å². The van der Waals surface area contributed by atoms with E-state index in [1.54, 1.807) is 32.3 Å². The molecule has 0 bridgehead atoms. The number of carbonyl (C=O) groups excluding carboxylic acids is 1. The molecule has 0 saturated heterocycles. The van der Waals surface area contributed by atoms with Gasteiger partial charge < -0.3 is 9.88 Å². The van der Waals surface area contributed by atoms with Gasteiger partial charge in [0.25, 0.3) is 12.3 Å². The van der Waals surface area contributed by atoms with Crippen LogP contribution in [0.5, 0.6) is 0 Å². The Balaban J connectivity index is 1.99. The SMILES string of the molecule is CN(CCN(C)C(=O)c1cc2ccc(Cl)cc2[nH]1)CC(F)F. The van der Waals surface area contributed by atoms with Crippen LogP contribution in [0.2, 0.25) is 5.02 Å². The average Bonchev–Trinajstić information content (AvgIpc) is 2.86. The number of benzene rings is 1. The molecule has 1 aromatic carbocycles. The molecule has 2 aromatic rings. The number of hydrogen-bond donors (Lipinski definition) is 1. The van der Waals surface area contributed by atoms with E-state index in [2.05, 4.69) is 4.98 Å². The number of alkyl halides is 2. The number of aromatic amines is 1. The van der Waals surface area contributed by atoms with Crippen molar-refractivity contribution in [2.45, 2.75) is 6.43 Å². The maximum absolute atomic E-state index is 12.3. The fourth-order valence-corrected chi connectivity index (χ4v) is 2.34. The summed E-state index contributed by atoms with van der Waals surface area (Å²) in [5.74, 6) is -0.183. The molecule has 22 heavy (non-hydrogen) atoms. The zero-order chi connectivity index (χ0) is 16.3. The van der Waals surface area contributed by atoms with Gasteiger partial charge in [-0.15, -0.1) is 0 Å². The van der Waals surface area contributed by atoms with Crippen LogP contribution >= 0.6 is 11.6 Å². The molecule has 0 saturated carbocycles. The van der Waals surface area contributed by atoms with E-state index in [9.17, 15) is 13.6 Å². The number of nitrogens with zero attached hydrogens (tertiary/aromatic N) is 2. The van der Waals surface area contributed by atoms with Crippen molar-refractivity contribution in [1.29, 1.82) is 0 Å². The van der Waals surface area contributed by atoms with Crippen LogP contribution in [0, 0.1) is 0 Å². The Bertz CT molecular complexity index is 659. The first-order valence-corrected chi connectivity index (χ1v) is 7.25. The fraction of sp³-hybridized carbons (Fsp3) is 0.400. The second-order valence-electron chi connectivity index (χ2n) is 5.29. The highest BCUT2D eigenvalue weighted by Gasteiger charge is 2.15. The van der Waals surface area contributed by atoms with Crippen molar-refractivity contribution >= 4 is 28.4 Å². The van der Waals surface area contributed by atoms with Crippen LogP contribution in [0.3, 0.4) is 0 Å². The van der Waals surface area contributed by atoms with Gasteiger partial charge in [-0.05, 0) is 25.2 Å². The number of rotatable bonds is 6. The Hall–Kier alpha value is -1.66. The zero-order valence-corrected chi connectivity index (χ0v) is 13.2. The Morgan fingerprint density at radius 2 is 2.00 bits per heavy atom. The molecule has 0 aliphatic carbocycles. The first-order chi connectivity index (χ1) is 10.4. The molecule has 7 heteroatoms. The van der Waals surface area contributed by atoms with Crippen molar-refractivity contribution in [3.63, 3.8) is 0 Å². The zero-order valence-electron chi connectivity index (χ0n) is 12.4. The molecule has 0 unspecified atom stereocenters. The number of carbonyl (C=O) groups is 1.